The molecule has 0 fully saturated rings. The van der Waals surface area contributed by atoms with Gasteiger partial charge in [-0.1, -0.05) is 25.1 Å². The van der Waals surface area contributed by atoms with Gasteiger partial charge in [0.25, 0.3) is 5.91 Å². The average Bonchev–Trinajstić information content (AvgIpc) is 3.04. The first-order valence-electron chi connectivity index (χ1n) is 6.14. The zero-order valence-corrected chi connectivity index (χ0v) is 11.0. The quantitative estimate of drug-likeness (QED) is 0.829. The molecule has 4 heteroatoms. The van der Waals surface area contributed by atoms with Gasteiger partial charge in [0.15, 0.2) is 0 Å². The molecule has 0 aliphatic carbocycles. The molecule has 0 bridgehead atoms. The topological polar surface area (TPSA) is 33.2 Å². The molecule has 2 heterocycles. The second-order valence-electron chi connectivity index (χ2n) is 4.31. The van der Waals surface area contributed by atoms with E-state index in [0.29, 0.717) is 0 Å². The molecule has 18 heavy (non-hydrogen) atoms. The third kappa shape index (κ3) is 1.82. The van der Waals surface area contributed by atoms with E-state index in [9.17, 15) is 4.79 Å². The Morgan fingerprint density at radius 1 is 1.44 bits per heavy atom. The summed E-state index contributed by atoms with van der Waals surface area (Å²) in [5.74, 6) is 0.0807. The molecule has 1 amide bonds. The van der Waals surface area contributed by atoms with Crippen molar-refractivity contribution in [3.05, 3.63) is 45.9 Å². The number of benzene rings is 1. The highest BCUT2D eigenvalue weighted by Crippen LogP contribution is 2.29. The van der Waals surface area contributed by atoms with Crippen molar-refractivity contribution in [3.8, 4) is 0 Å². The molecule has 3 rings (SSSR count). The van der Waals surface area contributed by atoms with Gasteiger partial charge in [-0.3, -0.25) is 4.79 Å². The van der Waals surface area contributed by atoms with Gasteiger partial charge in [0.1, 0.15) is 4.88 Å². The summed E-state index contributed by atoms with van der Waals surface area (Å²) in [7, 11) is 0. The molecule has 92 valence electrons. The highest BCUT2D eigenvalue weighted by Gasteiger charge is 2.26. The maximum absolute atomic E-state index is 12.4. The summed E-state index contributed by atoms with van der Waals surface area (Å²) in [4.78, 5) is 19.3. The summed E-state index contributed by atoms with van der Waals surface area (Å²) < 4.78 is 0. The van der Waals surface area contributed by atoms with Gasteiger partial charge >= 0.3 is 0 Å². The predicted octanol–water partition coefficient (Wildman–Crippen LogP) is 2.91. The Labute approximate surface area is 110 Å². The van der Waals surface area contributed by atoms with Gasteiger partial charge in [-0.2, -0.15) is 0 Å². The SMILES string of the molecule is CCc1ncc(C(=O)N2CCc3ccccc32)s1. The van der Waals surface area contributed by atoms with Crippen LogP contribution >= 0.6 is 11.3 Å². The van der Waals surface area contributed by atoms with E-state index in [1.54, 1.807) is 6.20 Å². The molecular formula is C14H14N2OS. The standard InChI is InChI=1S/C14H14N2OS/c1-2-13-15-9-12(18-13)14(17)16-8-7-10-5-3-4-6-11(10)16/h3-6,9H,2,7-8H2,1H3. The van der Waals surface area contributed by atoms with Crippen molar-refractivity contribution in [1.82, 2.24) is 4.98 Å². The molecule has 0 radical (unpaired) electrons. The van der Waals surface area contributed by atoms with Crippen molar-refractivity contribution in [1.29, 1.82) is 0 Å². The highest BCUT2D eigenvalue weighted by molar-refractivity contribution is 7.13. The van der Waals surface area contributed by atoms with Crippen LogP contribution in [0.25, 0.3) is 0 Å². The highest BCUT2D eigenvalue weighted by atomic mass is 32.1. The van der Waals surface area contributed by atoms with Gasteiger partial charge in [-0.05, 0) is 24.5 Å². The van der Waals surface area contributed by atoms with Crippen molar-refractivity contribution in [2.75, 3.05) is 11.4 Å². The van der Waals surface area contributed by atoms with Crippen LogP contribution in [-0.4, -0.2) is 17.4 Å². The van der Waals surface area contributed by atoms with Gasteiger partial charge in [-0.15, -0.1) is 11.3 Å². The van der Waals surface area contributed by atoms with Crippen LogP contribution in [0.1, 0.15) is 27.2 Å². The minimum Gasteiger partial charge on any atom is -0.307 e. The number of hydrogen-bond acceptors (Lipinski definition) is 3. The molecule has 3 nitrogen and oxygen atoms in total. The molecule has 0 saturated carbocycles. The zero-order valence-electron chi connectivity index (χ0n) is 10.2. The van der Waals surface area contributed by atoms with E-state index in [-0.39, 0.29) is 5.91 Å². The predicted molar refractivity (Wildman–Crippen MR) is 73.3 cm³/mol. The summed E-state index contributed by atoms with van der Waals surface area (Å²) in [5, 5.41) is 1.02. The molecule has 0 spiro atoms. The third-order valence-corrected chi connectivity index (χ3v) is 4.33. The summed E-state index contributed by atoms with van der Waals surface area (Å²) >= 11 is 1.50. The van der Waals surface area contributed by atoms with Crippen LogP contribution in [0, 0.1) is 0 Å². The van der Waals surface area contributed by atoms with Crippen LogP contribution in [0.5, 0.6) is 0 Å². The minimum absolute atomic E-state index is 0.0807. The van der Waals surface area contributed by atoms with Crippen molar-refractivity contribution in [2.24, 2.45) is 0 Å². The first-order chi connectivity index (χ1) is 8.79. The fourth-order valence-corrected chi connectivity index (χ4v) is 3.06. The van der Waals surface area contributed by atoms with E-state index < -0.39 is 0 Å². The number of fused-ring (bicyclic) bond motifs is 1. The lowest BCUT2D eigenvalue weighted by molar-refractivity contribution is 0.0993. The number of carbonyl (C=O) groups is 1. The number of hydrogen-bond donors (Lipinski definition) is 0. The number of para-hydroxylation sites is 1. The molecule has 2 aromatic rings. The average molecular weight is 258 g/mol. The van der Waals surface area contributed by atoms with Crippen molar-refractivity contribution in [3.63, 3.8) is 0 Å². The summed E-state index contributed by atoms with van der Waals surface area (Å²) in [5.41, 5.74) is 2.31. The number of aryl methyl sites for hydroxylation is 1. The van der Waals surface area contributed by atoms with Crippen LogP contribution in [0.3, 0.4) is 0 Å². The summed E-state index contributed by atoms with van der Waals surface area (Å²) in [6, 6.07) is 8.11. The van der Waals surface area contributed by atoms with E-state index >= 15 is 0 Å². The molecule has 1 aromatic carbocycles. The lowest BCUT2D eigenvalue weighted by Gasteiger charge is -2.15. The van der Waals surface area contributed by atoms with Crippen LogP contribution in [-0.2, 0) is 12.8 Å². The number of nitrogens with zero attached hydrogens (tertiary/aromatic N) is 2. The maximum Gasteiger partial charge on any atom is 0.270 e. The Morgan fingerprint density at radius 3 is 3.06 bits per heavy atom. The van der Waals surface area contributed by atoms with E-state index in [4.69, 9.17) is 0 Å². The maximum atomic E-state index is 12.4. The molecule has 0 unspecified atom stereocenters. The molecule has 0 atom stereocenters. The van der Waals surface area contributed by atoms with E-state index in [0.717, 1.165) is 35.0 Å². The second-order valence-corrected chi connectivity index (χ2v) is 5.42. The van der Waals surface area contributed by atoms with Gasteiger partial charge in [-0.25, -0.2) is 4.98 Å². The number of carbonyl (C=O) groups excluding carboxylic acids is 1. The molecule has 1 aliphatic heterocycles. The van der Waals surface area contributed by atoms with Gasteiger partial charge < -0.3 is 4.90 Å². The Hall–Kier alpha value is -1.68. The minimum atomic E-state index is 0.0807. The van der Waals surface area contributed by atoms with E-state index in [1.807, 2.05) is 23.1 Å². The van der Waals surface area contributed by atoms with Gasteiger partial charge in [0.2, 0.25) is 0 Å². The molecular weight excluding hydrogens is 244 g/mol. The summed E-state index contributed by atoms with van der Waals surface area (Å²) in [6.07, 6.45) is 3.53. The normalized spacial score (nSPS) is 13.7. The number of aromatic nitrogens is 1. The molecule has 1 aliphatic rings. The Kier molecular flexibility index (Phi) is 2.88. The zero-order chi connectivity index (χ0) is 12.5. The fraction of sp³-hybridized carbons (Fsp3) is 0.286. The van der Waals surface area contributed by atoms with E-state index in [2.05, 4.69) is 18.0 Å². The first kappa shape index (κ1) is 11.4. The van der Waals surface area contributed by atoms with E-state index in [1.165, 1.54) is 16.9 Å². The van der Waals surface area contributed by atoms with Crippen molar-refractivity contribution >= 4 is 22.9 Å². The Morgan fingerprint density at radius 2 is 2.28 bits per heavy atom. The number of amides is 1. The summed E-state index contributed by atoms with van der Waals surface area (Å²) in [6.45, 7) is 2.83. The third-order valence-electron chi connectivity index (χ3n) is 3.20. The molecule has 0 saturated heterocycles. The van der Waals surface area contributed by atoms with Crippen molar-refractivity contribution in [2.45, 2.75) is 19.8 Å². The largest absolute Gasteiger partial charge is 0.307 e. The van der Waals surface area contributed by atoms with Gasteiger partial charge in [0.05, 0.1) is 11.2 Å². The lowest BCUT2D eigenvalue weighted by Crippen LogP contribution is -2.28. The van der Waals surface area contributed by atoms with Crippen LogP contribution in [0.2, 0.25) is 0 Å². The lowest BCUT2D eigenvalue weighted by atomic mass is 10.2. The molecule has 1 aromatic heterocycles. The Balaban J connectivity index is 1.90. The monoisotopic (exact) mass is 258 g/mol. The van der Waals surface area contributed by atoms with Crippen LogP contribution in [0.15, 0.2) is 30.5 Å². The fourth-order valence-electron chi connectivity index (χ4n) is 2.25. The first-order valence-corrected chi connectivity index (χ1v) is 6.95. The van der Waals surface area contributed by atoms with Crippen molar-refractivity contribution < 1.29 is 4.79 Å². The number of anilines is 1. The Bertz CT molecular complexity index is 591. The van der Waals surface area contributed by atoms with Crippen LogP contribution in [0.4, 0.5) is 5.69 Å². The van der Waals surface area contributed by atoms with Gasteiger partial charge in [0, 0.05) is 12.2 Å². The number of rotatable bonds is 2. The second kappa shape index (κ2) is 4.53. The smallest absolute Gasteiger partial charge is 0.270 e. The molecule has 0 N–H and O–H groups in total. The number of thiazole rings is 1. The van der Waals surface area contributed by atoms with Crippen LogP contribution < -0.4 is 4.90 Å².